The van der Waals surface area contributed by atoms with Crippen LogP contribution in [0.3, 0.4) is 0 Å². The number of aromatic nitrogens is 1. The van der Waals surface area contributed by atoms with Crippen LogP contribution in [-0.2, 0) is 10.2 Å². The lowest BCUT2D eigenvalue weighted by Gasteiger charge is -2.32. The zero-order valence-corrected chi connectivity index (χ0v) is 17.5. The van der Waals surface area contributed by atoms with Crippen LogP contribution in [0.2, 0.25) is 0 Å². The van der Waals surface area contributed by atoms with E-state index in [0.717, 1.165) is 5.56 Å². The molecule has 7 nitrogen and oxygen atoms in total. The molecular weight excluding hydrogens is 380 g/mol. The van der Waals surface area contributed by atoms with E-state index >= 15 is 0 Å². The SMILES string of the molecule is CC(C)(C)c1ccc(N2C(=O)C3CC(NC(=O)c4cccnc4)CCN3C2=O)cc1. The minimum absolute atomic E-state index is 0.00521. The van der Waals surface area contributed by atoms with Crippen LogP contribution < -0.4 is 10.2 Å². The lowest BCUT2D eigenvalue weighted by atomic mass is 9.87. The summed E-state index contributed by atoms with van der Waals surface area (Å²) in [6, 6.07) is 9.99. The number of hydrogen-bond donors (Lipinski definition) is 1. The van der Waals surface area contributed by atoms with Crippen molar-refractivity contribution in [2.75, 3.05) is 11.4 Å². The third-order valence-electron chi connectivity index (χ3n) is 5.80. The summed E-state index contributed by atoms with van der Waals surface area (Å²) in [6.07, 6.45) is 4.14. The molecule has 3 heterocycles. The van der Waals surface area contributed by atoms with Gasteiger partial charge in [-0.2, -0.15) is 0 Å². The molecule has 156 valence electrons. The van der Waals surface area contributed by atoms with Gasteiger partial charge in [0.15, 0.2) is 0 Å². The molecular formula is C23H26N4O3. The topological polar surface area (TPSA) is 82.6 Å². The first-order valence-corrected chi connectivity index (χ1v) is 10.2. The normalized spacial score (nSPS) is 21.6. The molecule has 2 aliphatic rings. The highest BCUT2D eigenvalue weighted by Crippen LogP contribution is 2.32. The smallest absolute Gasteiger partial charge is 0.332 e. The maximum absolute atomic E-state index is 13.1. The molecule has 1 aromatic heterocycles. The summed E-state index contributed by atoms with van der Waals surface area (Å²) >= 11 is 0. The molecule has 2 aliphatic heterocycles. The number of carbonyl (C=O) groups excluding carboxylic acids is 3. The van der Waals surface area contributed by atoms with E-state index < -0.39 is 6.04 Å². The molecule has 2 unspecified atom stereocenters. The van der Waals surface area contributed by atoms with Crippen molar-refractivity contribution >= 4 is 23.5 Å². The van der Waals surface area contributed by atoms with Crippen LogP contribution in [0.5, 0.6) is 0 Å². The summed E-state index contributed by atoms with van der Waals surface area (Å²) in [5, 5.41) is 2.97. The molecule has 1 N–H and O–H groups in total. The largest absolute Gasteiger partial charge is 0.349 e. The summed E-state index contributed by atoms with van der Waals surface area (Å²) < 4.78 is 0. The first kappa shape index (κ1) is 20.1. The fraction of sp³-hybridized carbons (Fsp3) is 0.391. The van der Waals surface area contributed by atoms with Crippen molar-refractivity contribution in [3.05, 3.63) is 59.9 Å². The number of benzene rings is 1. The number of amides is 4. The second-order valence-electron chi connectivity index (χ2n) is 8.90. The van der Waals surface area contributed by atoms with E-state index in [4.69, 9.17) is 0 Å². The molecule has 1 aromatic carbocycles. The number of anilines is 1. The first-order chi connectivity index (χ1) is 14.3. The Morgan fingerprint density at radius 2 is 1.87 bits per heavy atom. The molecule has 2 saturated heterocycles. The number of nitrogens with one attached hydrogen (secondary N) is 1. The Balaban J connectivity index is 1.47. The summed E-state index contributed by atoms with van der Waals surface area (Å²) in [6.45, 7) is 6.79. The summed E-state index contributed by atoms with van der Waals surface area (Å²) in [7, 11) is 0. The summed E-state index contributed by atoms with van der Waals surface area (Å²) in [5.74, 6) is -0.447. The Morgan fingerprint density at radius 1 is 1.13 bits per heavy atom. The molecule has 4 rings (SSSR count). The van der Waals surface area contributed by atoms with Gasteiger partial charge < -0.3 is 10.2 Å². The van der Waals surface area contributed by atoms with Gasteiger partial charge in [0.05, 0.1) is 11.3 Å². The van der Waals surface area contributed by atoms with Crippen molar-refractivity contribution in [3.8, 4) is 0 Å². The van der Waals surface area contributed by atoms with E-state index in [1.54, 1.807) is 23.2 Å². The number of imide groups is 1. The first-order valence-electron chi connectivity index (χ1n) is 10.2. The predicted octanol–water partition coefficient (Wildman–Crippen LogP) is 3.11. The molecule has 2 atom stereocenters. The Morgan fingerprint density at radius 3 is 2.50 bits per heavy atom. The lowest BCUT2D eigenvalue weighted by Crippen LogP contribution is -2.49. The Kier molecular flexibility index (Phi) is 5.05. The fourth-order valence-electron chi connectivity index (χ4n) is 4.05. The Hall–Kier alpha value is -3.22. The maximum atomic E-state index is 13.1. The quantitative estimate of drug-likeness (QED) is 0.794. The van der Waals surface area contributed by atoms with Crippen molar-refractivity contribution in [1.29, 1.82) is 0 Å². The van der Waals surface area contributed by atoms with Crippen LogP contribution in [0.4, 0.5) is 10.5 Å². The van der Waals surface area contributed by atoms with Crippen molar-refractivity contribution in [1.82, 2.24) is 15.2 Å². The van der Waals surface area contributed by atoms with Gasteiger partial charge in [-0.3, -0.25) is 14.6 Å². The second-order valence-corrected chi connectivity index (χ2v) is 8.90. The van der Waals surface area contributed by atoms with Crippen LogP contribution >= 0.6 is 0 Å². The summed E-state index contributed by atoms with van der Waals surface area (Å²) in [5.41, 5.74) is 2.20. The van der Waals surface area contributed by atoms with Crippen LogP contribution in [-0.4, -0.2) is 46.4 Å². The van der Waals surface area contributed by atoms with Gasteiger partial charge in [-0.25, -0.2) is 9.69 Å². The van der Waals surface area contributed by atoms with Gasteiger partial charge in [-0.05, 0) is 48.1 Å². The zero-order valence-electron chi connectivity index (χ0n) is 17.5. The average Bonchev–Trinajstić information content (AvgIpc) is 2.98. The molecule has 30 heavy (non-hydrogen) atoms. The number of carbonyl (C=O) groups is 3. The number of hydrogen-bond acceptors (Lipinski definition) is 4. The van der Waals surface area contributed by atoms with E-state index in [9.17, 15) is 14.4 Å². The van der Waals surface area contributed by atoms with E-state index in [1.807, 2.05) is 24.3 Å². The van der Waals surface area contributed by atoms with Gasteiger partial charge in [0.1, 0.15) is 6.04 Å². The molecule has 4 amide bonds. The lowest BCUT2D eigenvalue weighted by molar-refractivity contribution is -0.120. The Bertz CT molecular complexity index is 966. The number of pyridine rings is 1. The second kappa shape index (κ2) is 7.55. The third kappa shape index (κ3) is 3.67. The van der Waals surface area contributed by atoms with Crippen LogP contribution in [0.1, 0.15) is 49.5 Å². The molecule has 0 radical (unpaired) electrons. The molecule has 2 fully saturated rings. The standard InChI is InChI=1S/C23H26N4O3/c1-23(2,3)16-6-8-18(9-7-16)27-21(29)19-13-17(10-12-26(19)22(27)30)25-20(28)15-5-4-11-24-14-15/h4-9,11,14,17,19H,10,12-13H2,1-3H3,(H,25,28). The van der Waals surface area contributed by atoms with E-state index in [2.05, 4.69) is 31.1 Å². The summed E-state index contributed by atoms with van der Waals surface area (Å²) in [4.78, 5) is 45.3. The average molecular weight is 406 g/mol. The van der Waals surface area contributed by atoms with Gasteiger partial charge >= 0.3 is 6.03 Å². The van der Waals surface area contributed by atoms with Gasteiger partial charge in [0, 0.05) is 25.0 Å². The predicted molar refractivity (Wildman–Crippen MR) is 113 cm³/mol. The number of nitrogens with zero attached hydrogens (tertiary/aromatic N) is 3. The monoisotopic (exact) mass is 406 g/mol. The molecule has 2 aromatic rings. The molecule has 0 bridgehead atoms. The third-order valence-corrected chi connectivity index (χ3v) is 5.80. The van der Waals surface area contributed by atoms with Gasteiger partial charge in [-0.15, -0.1) is 0 Å². The van der Waals surface area contributed by atoms with E-state index in [-0.39, 0.29) is 29.3 Å². The highest BCUT2D eigenvalue weighted by atomic mass is 16.2. The maximum Gasteiger partial charge on any atom is 0.332 e. The van der Waals surface area contributed by atoms with E-state index in [0.29, 0.717) is 30.6 Å². The molecule has 7 heteroatoms. The molecule has 0 aliphatic carbocycles. The minimum Gasteiger partial charge on any atom is -0.349 e. The van der Waals surface area contributed by atoms with Crippen molar-refractivity contribution in [2.24, 2.45) is 0 Å². The van der Waals surface area contributed by atoms with Crippen molar-refractivity contribution in [3.63, 3.8) is 0 Å². The highest BCUT2D eigenvalue weighted by molar-refractivity contribution is 6.21. The van der Waals surface area contributed by atoms with Crippen molar-refractivity contribution in [2.45, 2.75) is 51.1 Å². The highest BCUT2D eigenvalue weighted by Gasteiger charge is 2.48. The van der Waals surface area contributed by atoms with Crippen molar-refractivity contribution < 1.29 is 14.4 Å². The number of rotatable bonds is 3. The number of piperidine rings is 1. The van der Waals surface area contributed by atoms with E-state index in [1.165, 1.54) is 11.1 Å². The zero-order chi connectivity index (χ0) is 21.5. The van der Waals surface area contributed by atoms with Gasteiger partial charge in [0.25, 0.3) is 11.8 Å². The van der Waals surface area contributed by atoms with Crippen LogP contribution in [0.25, 0.3) is 0 Å². The molecule has 0 saturated carbocycles. The number of fused-ring (bicyclic) bond motifs is 1. The van der Waals surface area contributed by atoms with Gasteiger partial charge in [0.2, 0.25) is 0 Å². The van der Waals surface area contributed by atoms with Crippen LogP contribution in [0.15, 0.2) is 48.8 Å². The van der Waals surface area contributed by atoms with Gasteiger partial charge in [-0.1, -0.05) is 32.9 Å². The fourth-order valence-corrected chi connectivity index (χ4v) is 4.05. The van der Waals surface area contributed by atoms with Crippen LogP contribution in [0, 0.1) is 0 Å². The number of urea groups is 1. The molecule has 0 spiro atoms. The Labute approximate surface area is 176 Å². The minimum atomic E-state index is -0.548.